The van der Waals surface area contributed by atoms with E-state index in [1.165, 1.54) is 0 Å². The number of allylic oxidation sites excluding steroid dienone is 2. The number of hydrogen-bond acceptors (Lipinski definition) is 2. The van der Waals surface area contributed by atoms with Crippen LogP contribution in [0.1, 0.15) is 11.8 Å². The summed E-state index contributed by atoms with van der Waals surface area (Å²) in [6, 6.07) is 5.80. The second-order valence-corrected chi connectivity index (χ2v) is 2.52. The molecule has 0 fully saturated rings. The first kappa shape index (κ1) is 7.10. The van der Waals surface area contributed by atoms with Gasteiger partial charge in [-0.15, -0.1) is 0 Å². The zero-order chi connectivity index (χ0) is 8.23. The molecule has 0 N–H and O–H groups in total. The topological polar surface area (TPSA) is 22.1 Å². The van der Waals surface area contributed by atoms with Gasteiger partial charge in [0.15, 0.2) is 6.10 Å². The maximum atomic E-state index is 5.33. The average molecular weight is 159 g/mol. The van der Waals surface area contributed by atoms with E-state index in [-0.39, 0.29) is 6.10 Å². The summed E-state index contributed by atoms with van der Waals surface area (Å²) in [7, 11) is 0. The van der Waals surface area contributed by atoms with E-state index in [9.17, 15) is 0 Å². The van der Waals surface area contributed by atoms with Crippen molar-refractivity contribution in [2.24, 2.45) is 0 Å². The summed E-state index contributed by atoms with van der Waals surface area (Å²) < 4.78 is 5.33. The highest BCUT2D eigenvalue weighted by molar-refractivity contribution is 5.17. The highest BCUT2D eigenvalue weighted by Gasteiger charge is 2.08. The molecule has 0 aromatic carbocycles. The lowest BCUT2D eigenvalue weighted by Gasteiger charge is -2.13. The van der Waals surface area contributed by atoms with Crippen LogP contribution in [-0.4, -0.2) is 4.98 Å². The molecule has 1 aromatic rings. The van der Waals surface area contributed by atoms with Crippen molar-refractivity contribution in [2.75, 3.05) is 0 Å². The molecule has 2 heteroatoms. The monoisotopic (exact) mass is 159 g/mol. The molecule has 0 saturated carbocycles. The molecule has 0 amide bonds. The van der Waals surface area contributed by atoms with Crippen molar-refractivity contribution in [2.45, 2.75) is 6.10 Å². The molecule has 0 bridgehead atoms. The van der Waals surface area contributed by atoms with Crippen molar-refractivity contribution >= 4 is 0 Å². The van der Waals surface area contributed by atoms with E-state index in [0.717, 1.165) is 5.69 Å². The average Bonchev–Trinajstić information content (AvgIpc) is 2.21. The van der Waals surface area contributed by atoms with Crippen LogP contribution in [0.2, 0.25) is 0 Å². The van der Waals surface area contributed by atoms with Gasteiger partial charge in [0.25, 0.3) is 0 Å². The fourth-order valence-corrected chi connectivity index (χ4v) is 1.10. The number of rotatable bonds is 1. The zero-order valence-electron chi connectivity index (χ0n) is 6.55. The maximum Gasteiger partial charge on any atom is 0.158 e. The number of pyridine rings is 1. The quantitative estimate of drug-likeness (QED) is 0.626. The van der Waals surface area contributed by atoms with E-state index in [0.29, 0.717) is 0 Å². The molecule has 1 aromatic heterocycles. The Morgan fingerprint density at radius 1 is 1.25 bits per heavy atom. The molecule has 1 atom stereocenters. The van der Waals surface area contributed by atoms with E-state index in [1.807, 2.05) is 36.4 Å². The second-order valence-electron chi connectivity index (χ2n) is 2.52. The summed E-state index contributed by atoms with van der Waals surface area (Å²) in [5.41, 5.74) is 0.943. The molecule has 0 radical (unpaired) electrons. The minimum Gasteiger partial charge on any atom is -0.488 e. The van der Waals surface area contributed by atoms with Crippen LogP contribution in [0.3, 0.4) is 0 Å². The Bertz CT molecular complexity index is 303. The van der Waals surface area contributed by atoms with E-state index in [2.05, 4.69) is 4.98 Å². The number of aromatic nitrogens is 1. The van der Waals surface area contributed by atoms with Gasteiger partial charge in [-0.1, -0.05) is 12.1 Å². The summed E-state index contributed by atoms with van der Waals surface area (Å²) in [5.74, 6) is 0. The molecular formula is C10H9NO. The Morgan fingerprint density at radius 3 is 2.92 bits per heavy atom. The van der Waals surface area contributed by atoms with Crippen molar-refractivity contribution in [3.8, 4) is 0 Å². The van der Waals surface area contributed by atoms with Gasteiger partial charge in [0, 0.05) is 6.20 Å². The van der Waals surface area contributed by atoms with Crippen molar-refractivity contribution in [3.63, 3.8) is 0 Å². The molecule has 0 aliphatic carbocycles. The van der Waals surface area contributed by atoms with Crippen molar-refractivity contribution < 1.29 is 4.74 Å². The van der Waals surface area contributed by atoms with Crippen LogP contribution in [-0.2, 0) is 4.74 Å². The van der Waals surface area contributed by atoms with E-state index >= 15 is 0 Å². The van der Waals surface area contributed by atoms with Crippen molar-refractivity contribution in [1.29, 1.82) is 0 Å². The van der Waals surface area contributed by atoms with Crippen LogP contribution in [0.5, 0.6) is 0 Å². The molecule has 60 valence electrons. The Hall–Kier alpha value is -1.57. The maximum absolute atomic E-state index is 5.33. The largest absolute Gasteiger partial charge is 0.488 e. The van der Waals surface area contributed by atoms with Gasteiger partial charge in [-0.05, 0) is 24.3 Å². The minimum absolute atomic E-state index is 0.0174. The normalized spacial score (nSPS) is 20.5. The van der Waals surface area contributed by atoms with Gasteiger partial charge in [-0.25, -0.2) is 0 Å². The van der Waals surface area contributed by atoms with Gasteiger partial charge >= 0.3 is 0 Å². The van der Waals surface area contributed by atoms with Crippen LogP contribution >= 0.6 is 0 Å². The SMILES string of the molecule is C1=COC(c2ccccn2)C=C1. The smallest absolute Gasteiger partial charge is 0.158 e. The Morgan fingerprint density at radius 2 is 2.25 bits per heavy atom. The van der Waals surface area contributed by atoms with Gasteiger partial charge in [-0.3, -0.25) is 4.98 Å². The molecule has 0 spiro atoms. The lowest BCUT2D eigenvalue weighted by Crippen LogP contribution is -2.00. The van der Waals surface area contributed by atoms with Gasteiger partial charge in [0.2, 0.25) is 0 Å². The van der Waals surface area contributed by atoms with Crippen LogP contribution < -0.4 is 0 Å². The van der Waals surface area contributed by atoms with Gasteiger partial charge in [0.05, 0.1) is 12.0 Å². The Labute approximate surface area is 71.2 Å². The molecule has 1 aliphatic rings. The van der Waals surface area contributed by atoms with E-state index in [4.69, 9.17) is 4.74 Å². The van der Waals surface area contributed by atoms with Crippen LogP contribution in [0.25, 0.3) is 0 Å². The third-order valence-corrected chi connectivity index (χ3v) is 1.68. The van der Waals surface area contributed by atoms with Crippen LogP contribution in [0, 0.1) is 0 Å². The summed E-state index contributed by atoms with van der Waals surface area (Å²) in [6.45, 7) is 0. The first-order chi connectivity index (χ1) is 5.97. The predicted molar refractivity (Wildman–Crippen MR) is 46.3 cm³/mol. The summed E-state index contributed by atoms with van der Waals surface area (Å²) in [6.07, 6.45) is 9.23. The number of hydrogen-bond donors (Lipinski definition) is 0. The van der Waals surface area contributed by atoms with Gasteiger partial charge in [0.1, 0.15) is 0 Å². The third-order valence-electron chi connectivity index (χ3n) is 1.68. The highest BCUT2D eigenvalue weighted by atomic mass is 16.5. The molecule has 2 heterocycles. The molecule has 2 nitrogen and oxygen atoms in total. The van der Waals surface area contributed by atoms with E-state index < -0.39 is 0 Å². The fourth-order valence-electron chi connectivity index (χ4n) is 1.10. The lowest BCUT2D eigenvalue weighted by molar-refractivity contribution is 0.182. The number of ether oxygens (including phenoxy) is 1. The lowest BCUT2D eigenvalue weighted by atomic mass is 10.2. The van der Waals surface area contributed by atoms with Gasteiger partial charge < -0.3 is 4.74 Å². The Kier molecular flexibility index (Phi) is 1.90. The van der Waals surface area contributed by atoms with Crippen molar-refractivity contribution in [1.82, 2.24) is 4.98 Å². The predicted octanol–water partition coefficient (Wildman–Crippen LogP) is 2.22. The molecule has 12 heavy (non-hydrogen) atoms. The third kappa shape index (κ3) is 1.37. The zero-order valence-corrected chi connectivity index (χ0v) is 6.55. The molecule has 1 aliphatic heterocycles. The minimum atomic E-state index is -0.0174. The summed E-state index contributed by atoms with van der Waals surface area (Å²) in [4.78, 5) is 4.19. The first-order valence-electron chi connectivity index (χ1n) is 3.86. The van der Waals surface area contributed by atoms with Crippen LogP contribution in [0.15, 0.2) is 48.9 Å². The summed E-state index contributed by atoms with van der Waals surface area (Å²) >= 11 is 0. The van der Waals surface area contributed by atoms with Crippen LogP contribution in [0.4, 0.5) is 0 Å². The Balaban J connectivity index is 2.21. The first-order valence-corrected chi connectivity index (χ1v) is 3.86. The number of nitrogens with zero attached hydrogens (tertiary/aromatic N) is 1. The molecular weight excluding hydrogens is 150 g/mol. The highest BCUT2D eigenvalue weighted by Crippen LogP contribution is 2.18. The van der Waals surface area contributed by atoms with Gasteiger partial charge in [-0.2, -0.15) is 0 Å². The standard InChI is InChI=1S/C10H9NO/c1-3-7-11-9(5-1)10-6-2-4-8-12-10/h1-8,10H. The summed E-state index contributed by atoms with van der Waals surface area (Å²) in [5, 5.41) is 0. The molecule has 2 rings (SSSR count). The molecule has 1 unspecified atom stereocenters. The fraction of sp³-hybridized carbons (Fsp3) is 0.100. The molecule has 0 saturated heterocycles. The van der Waals surface area contributed by atoms with Crippen molar-refractivity contribution in [3.05, 3.63) is 54.6 Å². The second kappa shape index (κ2) is 3.22. The van der Waals surface area contributed by atoms with E-state index in [1.54, 1.807) is 12.5 Å².